The molecule has 1 fully saturated rings. The van der Waals surface area contributed by atoms with Gasteiger partial charge in [-0.05, 0) is 12.8 Å². The number of nitrogens with zero attached hydrogens (tertiary/aromatic N) is 3. The topological polar surface area (TPSA) is 67.4 Å². The Morgan fingerprint density at radius 1 is 1.67 bits per heavy atom. The van der Waals surface area contributed by atoms with Crippen LogP contribution in [0.1, 0.15) is 25.6 Å². The Balaban J connectivity index is 1.91. The van der Waals surface area contributed by atoms with E-state index in [1.807, 2.05) is 6.92 Å². The average Bonchev–Trinajstić information content (AvgIpc) is 2.86. The number of anilines is 1. The summed E-state index contributed by atoms with van der Waals surface area (Å²) in [5.41, 5.74) is 0. The van der Waals surface area contributed by atoms with E-state index in [1.165, 1.54) is 18.6 Å². The summed E-state index contributed by atoms with van der Waals surface area (Å²) in [4.78, 5) is 17.6. The molecule has 1 atom stereocenters. The number of rotatable bonds is 3. The Kier molecular flexibility index (Phi) is 4.35. The largest absolute Gasteiger partial charge is 0.453 e. The minimum absolute atomic E-state index is 0.232. The molecule has 0 spiro atoms. The Labute approximate surface area is 111 Å². The third-order valence-electron chi connectivity index (χ3n) is 2.97. The Bertz CT molecular complexity index is 410. The van der Waals surface area contributed by atoms with E-state index < -0.39 is 0 Å². The fraction of sp³-hybridized carbons (Fsp3) is 0.727. The second kappa shape index (κ2) is 5.99. The number of hydrogen-bond donors (Lipinski definition) is 1. The summed E-state index contributed by atoms with van der Waals surface area (Å²) in [5, 5.41) is 4.18. The van der Waals surface area contributed by atoms with E-state index in [1.54, 1.807) is 4.90 Å². The Morgan fingerprint density at radius 2 is 2.50 bits per heavy atom. The van der Waals surface area contributed by atoms with Crippen molar-refractivity contribution in [3.63, 3.8) is 0 Å². The number of hydrogen-bond acceptors (Lipinski definition) is 6. The highest BCUT2D eigenvalue weighted by Gasteiger charge is 2.24. The number of aryl methyl sites for hydroxylation is 1. The molecule has 1 saturated heterocycles. The van der Waals surface area contributed by atoms with E-state index in [0.717, 1.165) is 36.8 Å². The fourth-order valence-corrected chi connectivity index (χ4v) is 2.75. The highest BCUT2D eigenvalue weighted by molar-refractivity contribution is 7.09. The van der Waals surface area contributed by atoms with Crippen LogP contribution < -0.4 is 5.32 Å². The molecule has 0 radical (unpaired) electrons. The number of piperidine rings is 1. The predicted molar refractivity (Wildman–Crippen MR) is 69.9 cm³/mol. The first kappa shape index (κ1) is 13.1. The highest BCUT2D eigenvalue weighted by Crippen LogP contribution is 2.18. The lowest BCUT2D eigenvalue weighted by atomic mass is 10.1. The van der Waals surface area contributed by atoms with Crippen LogP contribution >= 0.6 is 11.5 Å². The van der Waals surface area contributed by atoms with Gasteiger partial charge in [0.05, 0.1) is 7.11 Å². The van der Waals surface area contributed by atoms with E-state index in [0.29, 0.717) is 6.54 Å². The number of amides is 1. The van der Waals surface area contributed by atoms with Crippen molar-refractivity contribution in [3.05, 3.63) is 5.82 Å². The van der Waals surface area contributed by atoms with Gasteiger partial charge in [0.2, 0.25) is 5.13 Å². The molecule has 1 amide bonds. The summed E-state index contributed by atoms with van der Waals surface area (Å²) in [6.07, 6.45) is 2.60. The zero-order valence-corrected chi connectivity index (χ0v) is 11.5. The summed E-state index contributed by atoms with van der Waals surface area (Å²) >= 11 is 1.38. The molecule has 6 nitrogen and oxygen atoms in total. The lowest BCUT2D eigenvalue weighted by Crippen LogP contribution is -2.45. The van der Waals surface area contributed by atoms with Crippen LogP contribution in [0.2, 0.25) is 0 Å². The number of carbonyl (C=O) groups is 1. The molecule has 2 heterocycles. The molecule has 1 aliphatic heterocycles. The summed E-state index contributed by atoms with van der Waals surface area (Å²) in [5.74, 6) is 0.864. The van der Waals surface area contributed by atoms with Crippen LogP contribution in [0.25, 0.3) is 0 Å². The van der Waals surface area contributed by atoms with Gasteiger partial charge in [0.1, 0.15) is 5.82 Å². The number of nitrogens with one attached hydrogen (secondary N) is 1. The van der Waals surface area contributed by atoms with Crippen molar-refractivity contribution >= 4 is 22.8 Å². The van der Waals surface area contributed by atoms with E-state index in [9.17, 15) is 4.79 Å². The molecule has 1 N–H and O–H groups in total. The number of aromatic nitrogens is 2. The molecule has 18 heavy (non-hydrogen) atoms. The molecule has 0 aliphatic carbocycles. The molecule has 0 aromatic carbocycles. The van der Waals surface area contributed by atoms with Gasteiger partial charge in [-0.2, -0.15) is 4.37 Å². The van der Waals surface area contributed by atoms with Gasteiger partial charge in [-0.15, -0.1) is 0 Å². The Morgan fingerprint density at radius 3 is 3.17 bits per heavy atom. The van der Waals surface area contributed by atoms with E-state index >= 15 is 0 Å². The number of carbonyl (C=O) groups excluding carboxylic acids is 1. The van der Waals surface area contributed by atoms with E-state index in [4.69, 9.17) is 4.74 Å². The van der Waals surface area contributed by atoms with Crippen LogP contribution in [-0.4, -0.2) is 46.6 Å². The molecule has 7 heteroatoms. The first-order valence-corrected chi connectivity index (χ1v) is 6.92. The van der Waals surface area contributed by atoms with Crippen molar-refractivity contribution < 1.29 is 9.53 Å². The highest BCUT2D eigenvalue weighted by atomic mass is 32.1. The van der Waals surface area contributed by atoms with Gasteiger partial charge < -0.3 is 15.0 Å². The first-order valence-electron chi connectivity index (χ1n) is 6.15. The Hall–Kier alpha value is -1.37. The molecule has 1 aliphatic rings. The lowest BCUT2D eigenvalue weighted by Gasteiger charge is -2.31. The van der Waals surface area contributed by atoms with Crippen LogP contribution in [0.5, 0.6) is 0 Å². The van der Waals surface area contributed by atoms with Crippen LogP contribution in [0.4, 0.5) is 9.93 Å². The van der Waals surface area contributed by atoms with Gasteiger partial charge >= 0.3 is 6.09 Å². The SMILES string of the molecule is CCc1nsc(NC2CCCN(C(=O)OC)C2)n1. The molecule has 1 aromatic heterocycles. The summed E-state index contributed by atoms with van der Waals surface area (Å²) in [7, 11) is 1.41. The third kappa shape index (κ3) is 3.10. The van der Waals surface area contributed by atoms with Crippen LogP contribution in [0.15, 0.2) is 0 Å². The van der Waals surface area contributed by atoms with Crippen molar-refractivity contribution in [2.24, 2.45) is 0 Å². The van der Waals surface area contributed by atoms with Gasteiger partial charge in [0, 0.05) is 37.1 Å². The fourth-order valence-electron chi connectivity index (χ4n) is 2.02. The standard InChI is InChI=1S/C11H18N4O2S/c1-3-9-13-10(18-14-9)12-8-5-4-6-15(7-8)11(16)17-2/h8H,3-7H2,1-2H3,(H,12,13,14). The lowest BCUT2D eigenvalue weighted by molar-refractivity contribution is 0.113. The summed E-state index contributed by atoms with van der Waals surface area (Å²) in [6.45, 7) is 3.46. The molecule has 1 aromatic rings. The quantitative estimate of drug-likeness (QED) is 0.906. The summed E-state index contributed by atoms with van der Waals surface area (Å²) < 4.78 is 8.98. The second-order valence-corrected chi connectivity index (χ2v) is 5.02. The minimum atomic E-state index is -0.256. The molecule has 100 valence electrons. The van der Waals surface area contributed by atoms with Gasteiger partial charge in [-0.25, -0.2) is 9.78 Å². The molecular formula is C11H18N4O2S. The maximum Gasteiger partial charge on any atom is 0.409 e. The van der Waals surface area contributed by atoms with Gasteiger partial charge in [-0.3, -0.25) is 0 Å². The molecule has 1 unspecified atom stereocenters. The van der Waals surface area contributed by atoms with Crippen molar-refractivity contribution in [3.8, 4) is 0 Å². The first-order chi connectivity index (χ1) is 8.72. The minimum Gasteiger partial charge on any atom is -0.453 e. The van der Waals surface area contributed by atoms with Crippen LogP contribution in [-0.2, 0) is 11.2 Å². The molecule has 0 saturated carbocycles. The third-order valence-corrected chi connectivity index (χ3v) is 3.65. The maximum atomic E-state index is 11.5. The van der Waals surface area contributed by atoms with Crippen LogP contribution in [0.3, 0.4) is 0 Å². The zero-order chi connectivity index (χ0) is 13.0. The van der Waals surface area contributed by atoms with E-state index in [2.05, 4.69) is 14.7 Å². The second-order valence-electron chi connectivity index (χ2n) is 4.27. The molecular weight excluding hydrogens is 252 g/mol. The summed E-state index contributed by atoms with van der Waals surface area (Å²) in [6, 6.07) is 0.232. The van der Waals surface area contributed by atoms with E-state index in [-0.39, 0.29) is 12.1 Å². The predicted octanol–water partition coefficient (Wildman–Crippen LogP) is 1.74. The maximum absolute atomic E-state index is 11.5. The average molecular weight is 270 g/mol. The number of methoxy groups -OCH3 is 1. The molecule has 0 bridgehead atoms. The zero-order valence-electron chi connectivity index (χ0n) is 10.7. The molecule has 2 rings (SSSR count). The number of ether oxygens (including phenoxy) is 1. The smallest absolute Gasteiger partial charge is 0.409 e. The van der Waals surface area contributed by atoms with Crippen molar-refractivity contribution in [2.45, 2.75) is 32.2 Å². The van der Waals surface area contributed by atoms with Crippen LogP contribution in [0, 0.1) is 0 Å². The normalized spacial score (nSPS) is 19.7. The van der Waals surface area contributed by atoms with Crippen molar-refractivity contribution in [2.75, 3.05) is 25.5 Å². The van der Waals surface area contributed by atoms with Gasteiger partial charge in [0.25, 0.3) is 0 Å². The van der Waals surface area contributed by atoms with Crippen molar-refractivity contribution in [1.29, 1.82) is 0 Å². The monoisotopic (exact) mass is 270 g/mol. The number of likely N-dealkylation sites (tertiary alicyclic amines) is 1. The van der Waals surface area contributed by atoms with Crippen molar-refractivity contribution in [1.82, 2.24) is 14.3 Å². The van der Waals surface area contributed by atoms with Gasteiger partial charge in [-0.1, -0.05) is 6.92 Å². The van der Waals surface area contributed by atoms with Gasteiger partial charge in [0.15, 0.2) is 0 Å².